The first-order valence-corrected chi connectivity index (χ1v) is 12.4. The summed E-state index contributed by atoms with van der Waals surface area (Å²) in [5.41, 5.74) is -1.49. The Kier molecular flexibility index (Phi) is 10.2. The van der Waals surface area contributed by atoms with Crippen LogP contribution in [0.5, 0.6) is 0 Å². The third-order valence-corrected chi connectivity index (χ3v) is 6.11. The normalized spacial score (nSPS) is 18.4. The van der Waals surface area contributed by atoms with Crippen molar-refractivity contribution < 1.29 is 67.5 Å². The van der Waals surface area contributed by atoms with Gasteiger partial charge in [0.2, 0.25) is 0 Å². The van der Waals surface area contributed by atoms with Crippen LogP contribution in [0, 0.1) is 5.92 Å². The number of rotatable bonds is 11. The van der Waals surface area contributed by atoms with E-state index in [-0.39, 0.29) is 12.8 Å². The molecule has 0 aromatic carbocycles. The summed E-state index contributed by atoms with van der Waals surface area (Å²) in [4.78, 5) is 25.0. The summed E-state index contributed by atoms with van der Waals surface area (Å²) in [5, 5.41) is -5.84. The average molecular weight is 562 g/mol. The molecule has 0 amide bonds. The summed E-state index contributed by atoms with van der Waals surface area (Å²) in [7, 11) is -6.48. The van der Waals surface area contributed by atoms with Crippen LogP contribution in [-0.2, 0) is 33.9 Å². The van der Waals surface area contributed by atoms with Gasteiger partial charge in [-0.1, -0.05) is 19.3 Å². The Morgan fingerprint density at radius 1 is 0.889 bits per heavy atom. The molecule has 0 saturated heterocycles. The molecular weight excluding hydrogens is 533 g/mol. The van der Waals surface area contributed by atoms with Crippen molar-refractivity contribution >= 4 is 22.1 Å². The highest BCUT2D eigenvalue weighted by Crippen LogP contribution is 2.42. The maximum Gasteiger partial charge on any atom is 0.468 e. The number of ether oxygens (including phenoxy) is 3. The van der Waals surface area contributed by atoms with Crippen LogP contribution in [0.15, 0.2) is 0 Å². The van der Waals surface area contributed by atoms with Gasteiger partial charge in [0, 0.05) is 6.42 Å². The highest BCUT2D eigenvalue weighted by atomic mass is 32.2. The van der Waals surface area contributed by atoms with Crippen LogP contribution >= 0.6 is 0 Å². The van der Waals surface area contributed by atoms with Gasteiger partial charge in [-0.25, -0.2) is 4.79 Å². The van der Waals surface area contributed by atoms with E-state index in [0.29, 0.717) is 12.8 Å². The molecule has 1 rings (SSSR count). The van der Waals surface area contributed by atoms with Gasteiger partial charge < -0.3 is 14.2 Å². The monoisotopic (exact) mass is 562 g/mol. The molecule has 1 N–H and O–H groups in total. The number of unbranched alkanes of at least 4 members (excludes halogenated alkanes) is 1. The second-order valence-corrected chi connectivity index (χ2v) is 10.8. The van der Waals surface area contributed by atoms with E-state index in [2.05, 4.69) is 9.47 Å². The second kappa shape index (κ2) is 11.4. The first kappa shape index (κ1) is 32.3. The Morgan fingerprint density at radius 2 is 1.42 bits per heavy atom. The second-order valence-electron chi connectivity index (χ2n) is 9.37. The summed E-state index contributed by atoms with van der Waals surface area (Å²) >= 11 is 0. The first-order chi connectivity index (χ1) is 16.1. The zero-order valence-corrected chi connectivity index (χ0v) is 20.6. The molecule has 1 aliphatic rings. The fourth-order valence-electron chi connectivity index (χ4n) is 3.29. The van der Waals surface area contributed by atoms with E-state index in [4.69, 9.17) is 9.29 Å². The molecule has 1 saturated carbocycles. The van der Waals surface area contributed by atoms with Gasteiger partial charge in [0.1, 0.15) is 5.60 Å². The highest BCUT2D eigenvalue weighted by molar-refractivity contribution is 7.87. The quantitative estimate of drug-likeness (QED) is 0.123. The van der Waals surface area contributed by atoms with Crippen LogP contribution in [0.1, 0.15) is 72.1 Å². The lowest BCUT2D eigenvalue weighted by atomic mass is 9.89. The minimum atomic E-state index is -6.48. The van der Waals surface area contributed by atoms with Crippen molar-refractivity contribution in [1.29, 1.82) is 0 Å². The fraction of sp³-hybridized carbons (Fsp3) is 0.900. The smallest absolute Gasteiger partial charge is 0.455 e. The average Bonchev–Trinajstić information content (AvgIpc) is 2.69. The zero-order valence-electron chi connectivity index (χ0n) is 19.8. The molecule has 0 heterocycles. The van der Waals surface area contributed by atoms with E-state index >= 15 is 0 Å². The van der Waals surface area contributed by atoms with Crippen molar-refractivity contribution in [2.75, 3.05) is 6.61 Å². The number of hydrogen-bond donors (Lipinski definition) is 1. The van der Waals surface area contributed by atoms with Gasteiger partial charge in [-0.3, -0.25) is 9.35 Å². The number of esters is 2. The molecule has 0 aliphatic heterocycles. The van der Waals surface area contributed by atoms with Gasteiger partial charge in [-0.05, 0) is 46.5 Å². The third-order valence-electron chi connectivity index (χ3n) is 5.16. The van der Waals surface area contributed by atoms with E-state index < -0.39 is 82.6 Å². The Balaban J connectivity index is 3.07. The Bertz CT molecular complexity index is 877. The molecule has 8 nitrogen and oxygen atoms in total. The fourth-order valence-corrected chi connectivity index (χ4v) is 3.77. The van der Waals surface area contributed by atoms with Crippen molar-refractivity contribution in [3.05, 3.63) is 0 Å². The van der Waals surface area contributed by atoms with Crippen molar-refractivity contribution in [2.45, 2.75) is 101 Å². The van der Waals surface area contributed by atoms with Crippen molar-refractivity contribution in [2.24, 2.45) is 5.92 Å². The van der Waals surface area contributed by atoms with Crippen LogP contribution in [-0.4, -0.2) is 60.3 Å². The van der Waals surface area contributed by atoms with Gasteiger partial charge >= 0.3 is 45.2 Å². The number of carbonyl (C=O) groups is 2. The zero-order chi connectivity index (χ0) is 28.2. The number of halogens is 7. The molecule has 0 radical (unpaired) electrons. The molecule has 1 aliphatic carbocycles. The maximum absolute atomic E-state index is 14.1. The lowest BCUT2D eigenvalue weighted by Crippen LogP contribution is -2.60. The van der Waals surface area contributed by atoms with Crippen LogP contribution in [0.3, 0.4) is 0 Å². The SMILES string of the molecule is CC(C)(C)OC(=O)C(OCCCCC(F)(F)C(F)(F)S(=O)(=O)O)(OC(=O)C1CCCCC1)C(F)(F)F. The summed E-state index contributed by atoms with van der Waals surface area (Å²) in [6.07, 6.45) is -7.15. The Labute approximate surface area is 203 Å². The van der Waals surface area contributed by atoms with E-state index in [0.717, 1.165) is 6.42 Å². The van der Waals surface area contributed by atoms with Crippen LogP contribution in [0.25, 0.3) is 0 Å². The van der Waals surface area contributed by atoms with Gasteiger partial charge in [0.15, 0.2) is 0 Å². The molecule has 0 spiro atoms. The van der Waals surface area contributed by atoms with Gasteiger partial charge in [-0.15, -0.1) is 0 Å². The maximum atomic E-state index is 14.1. The third kappa shape index (κ3) is 7.91. The van der Waals surface area contributed by atoms with E-state index in [1.165, 1.54) is 20.8 Å². The number of carbonyl (C=O) groups excluding carboxylic acids is 2. The molecule has 0 aromatic heterocycles. The summed E-state index contributed by atoms with van der Waals surface area (Å²) in [6.45, 7) is 2.50. The lowest BCUT2D eigenvalue weighted by molar-refractivity contribution is -0.359. The van der Waals surface area contributed by atoms with Crippen LogP contribution < -0.4 is 0 Å². The molecule has 212 valence electrons. The molecule has 16 heteroatoms. The minimum Gasteiger partial charge on any atom is -0.455 e. The standard InChI is InChI=1S/C20H29F7O8S/c1-16(2,3)35-15(29)18(19(23,24)25,34-14(28)13-9-5-4-6-10-13)33-12-8-7-11-17(21,22)20(26,27)36(30,31)32/h13H,4-12H2,1-3H3,(H,30,31,32). The predicted molar refractivity (Wildman–Crippen MR) is 109 cm³/mol. The summed E-state index contributed by atoms with van der Waals surface area (Å²) < 4.78 is 139. The Morgan fingerprint density at radius 3 is 1.86 bits per heavy atom. The number of hydrogen-bond acceptors (Lipinski definition) is 7. The van der Waals surface area contributed by atoms with Gasteiger partial charge in [-0.2, -0.15) is 39.2 Å². The summed E-state index contributed by atoms with van der Waals surface area (Å²) in [5.74, 6) is -14.0. The van der Waals surface area contributed by atoms with E-state index in [1.807, 2.05) is 0 Å². The van der Waals surface area contributed by atoms with E-state index in [1.54, 1.807) is 0 Å². The van der Waals surface area contributed by atoms with E-state index in [9.17, 15) is 48.7 Å². The predicted octanol–water partition coefficient (Wildman–Crippen LogP) is 5.01. The van der Waals surface area contributed by atoms with Crippen LogP contribution in [0.2, 0.25) is 0 Å². The molecule has 1 fully saturated rings. The van der Waals surface area contributed by atoms with Crippen molar-refractivity contribution in [3.63, 3.8) is 0 Å². The molecule has 0 aromatic rings. The molecular formula is C20H29F7O8S. The Hall–Kier alpha value is -1.68. The van der Waals surface area contributed by atoms with Crippen molar-refractivity contribution in [1.82, 2.24) is 0 Å². The topological polar surface area (TPSA) is 116 Å². The van der Waals surface area contributed by atoms with Gasteiger partial charge in [0.25, 0.3) is 0 Å². The van der Waals surface area contributed by atoms with Crippen LogP contribution in [0.4, 0.5) is 30.7 Å². The first-order valence-electron chi connectivity index (χ1n) is 11.0. The van der Waals surface area contributed by atoms with Gasteiger partial charge in [0.05, 0.1) is 12.5 Å². The lowest BCUT2D eigenvalue weighted by Gasteiger charge is -2.35. The highest BCUT2D eigenvalue weighted by Gasteiger charge is 2.69. The molecule has 36 heavy (non-hydrogen) atoms. The summed E-state index contributed by atoms with van der Waals surface area (Å²) in [6, 6.07) is 0. The minimum absolute atomic E-state index is 0.206. The molecule has 1 atom stereocenters. The molecule has 0 bridgehead atoms. The molecule has 1 unspecified atom stereocenters. The largest absolute Gasteiger partial charge is 0.468 e. The number of alkyl halides is 7. The van der Waals surface area contributed by atoms with Crippen molar-refractivity contribution in [3.8, 4) is 0 Å².